The van der Waals surface area contributed by atoms with E-state index < -0.39 is 0 Å². The number of aromatic nitrogens is 1. The molecule has 0 bridgehead atoms. The summed E-state index contributed by atoms with van der Waals surface area (Å²) in [5.41, 5.74) is 1.12. The topological polar surface area (TPSA) is 72.9 Å². The largest absolute Gasteiger partial charge is 0.357 e. The molecule has 2 N–H and O–H groups in total. The van der Waals surface area contributed by atoms with Crippen LogP contribution < -0.4 is 15.5 Å². The van der Waals surface area contributed by atoms with Crippen LogP contribution in [0.15, 0.2) is 23.3 Å². The summed E-state index contributed by atoms with van der Waals surface area (Å²) in [7, 11) is 3.49. The predicted molar refractivity (Wildman–Crippen MR) is 106 cm³/mol. The van der Waals surface area contributed by atoms with E-state index in [9.17, 15) is 4.79 Å². The first-order valence-electron chi connectivity index (χ1n) is 9.52. The van der Waals surface area contributed by atoms with Crippen molar-refractivity contribution in [3.8, 4) is 0 Å². The van der Waals surface area contributed by atoms with E-state index in [1.54, 1.807) is 19.0 Å². The standard InChI is InChI=1S/C19H32N6O/c1-4-20-19(23-15-18(26)24(2)3)22-14-16-9-10-21-17(13-16)25-11-7-5-6-8-12-25/h9-10,13H,4-8,11-12,14-15H2,1-3H3,(H2,20,22,23). The number of nitrogens with one attached hydrogen (secondary N) is 2. The lowest BCUT2D eigenvalue weighted by Gasteiger charge is -2.21. The summed E-state index contributed by atoms with van der Waals surface area (Å²) in [6.45, 7) is 5.70. The number of pyridine rings is 1. The summed E-state index contributed by atoms with van der Waals surface area (Å²) in [5.74, 6) is 1.71. The number of carbonyl (C=O) groups excluding carboxylic acids is 1. The number of hydrogen-bond donors (Lipinski definition) is 2. The monoisotopic (exact) mass is 360 g/mol. The molecule has 1 aromatic heterocycles. The van der Waals surface area contributed by atoms with E-state index in [4.69, 9.17) is 0 Å². The van der Waals surface area contributed by atoms with Gasteiger partial charge in [-0.05, 0) is 37.5 Å². The summed E-state index contributed by atoms with van der Waals surface area (Å²) in [4.78, 5) is 24.8. The molecule has 7 nitrogen and oxygen atoms in total. The maximum absolute atomic E-state index is 11.7. The number of rotatable bonds is 6. The van der Waals surface area contributed by atoms with Gasteiger partial charge in [-0.2, -0.15) is 0 Å². The molecule has 2 heterocycles. The molecule has 1 aliphatic heterocycles. The van der Waals surface area contributed by atoms with Crippen molar-refractivity contribution in [2.24, 2.45) is 4.99 Å². The van der Waals surface area contributed by atoms with Crippen LogP contribution in [0.2, 0.25) is 0 Å². The smallest absolute Gasteiger partial charge is 0.241 e. The van der Waals surface area contributed by atoms with Crippen LogP contribution in [0.25, 0.3) is 0 Å². The fourth-order valence-electron chi connectivity index (χ4n) is 2.86. The number of nitrogens with zero attached hydrogens (tertiary/aromatic N) is 4. The Balaban J connectivity index is 1.99. The average Bonchev–Trinajstić information content (AvgIpc) is 2.93. The minimum Gasteiger partial charge on any atom is -0.357 e. The van der Waals surface area contributed by atoms with Gasteiger partial charge in [0.25, 0.3) is 0 Å². The van der Waals surface area contributed by atoms with Gasteiger partial charge in [0.05, 0.1) is 13.1 Å². The molecule has 1 aromatic rings. The summed E-state index contributed by atoms with van der Waals surface area (Å²) in [5, 5.41) is 6.26. The molecule has 26 heavy (non-hydrogen) atoms. The molecule has 1 saturated heterocycles. The van der Waals surface area contributed by atoms with Crippen LogP contribution in [0.1, 0.15) is 38.2 Å². The second-order valence-corrected chi connectivity index (χ2v) is 6.76. The molecule has 0 unspecified atom stereocenters. The Kier molecular flexibility index (Phi) is 8.18. The molecule has 0 aliphatic carbocycles. The summed E-state index contributed by atoms with van der Waals surface area (Å²) in [6.07, 6.45) is 6.95. The number of hydrogen-bond acceptors (Lipinski definition) is 4. The van der Waals surface area contributed by atoms with Gasteiger partial charge in [0, 0.05) is 39.9 Å². The molecule has 7 heteroatoms. The third kappa shape index (κ3) is 6.54. The number of guanidine groups is 1. The van der Waals surface area contributed by atoms with Crippen molar-refractivity contribution in [3.63, 3.8) is 0 Å². The second kappa shape index (κ2) is 10.6. The predicted octanol–water partition coefficient (Wildman–Crippen LogP) is 1.61. The first-order valence-corrected chi connectivity index (χ1v) is 9.52. The van der Waals surface area contributed by atoms with E-state index in [1.807, 2.05) is 19.2 Å². The SMILES string of the molecule is CCNC(=NCc1ccnc(N2CCCCCC2)c1)NCC(=O)N(C)C. The Bertz CT molecular complexity index is 593. The van der Waals surface area contributed by atoms with Crippen LogP contribution in [-0.4, -0.2) is 62.0 Å². The molecule has 0 radical (unpaired) electrons. The van der Waals surface area contributed by atoms with Crippen LogP contribution in [0, 0.1) is 0 Å². The molecule has 0 saturated carbocycles. The molecule has 1 aliphatic rings. The molecule has 1 amide bonds. The Hall–Kier alpha value is -2.31. The van der Waals surface area contributed by atoms with E-state index in [0.717, 1.165) is 31.0 Å². The van der Waals surface area contributed by atoms with Gasteiger partial charge in [0.2, 0.25) is 5.91 Å². The normalized spacial score (nSPS) is 15.3. The molecule has 1 fully saturated rings. The summed E-state index contributed by atoms with van der Waals surface area (Å²) < 4.78 is 0. The van der Waals surface area contributed by atoms with Crippen LogP contribution in [-0.2, 0) is 11.3 Å². The highest BCUT2D eigenvalue weighted by atomic mass is 16.2. The zero-order chi connectivity index (χ0) is 18.8. The van der Waals surface area contributed by atoms with Gasteiger partial charge in [-0.1, -0.05) is 12.8 Å². The highest BCUT2D eigenvalue weighted by Crippen LogP contribution is 2.18. The van der Waals surface area contributed by atoms with E-state index in [1.165, 1.54) is 25.7 Å². The lowest BCUT2D eigenvalue weighted by molar-refractivity contribution is -0.127. The number of aliphatic imine (C=N–C) groups is 1. The fraction of sp³-hybridized carbons (Fsp3) is 0.632. The first kappa shape index (κ1) is 20.0. The highest BCUT2D eigenvalue weighted by molar-refractivity contribution is 5.86. The molecule has 144 valence electrons. The van der Waals surface area contributed by atoms with Crippen molar-refractivity contribution in [2.75, 3.05) is 45.2 Å². The average molecular weight is 361 g/mol. The minimum absolute atomic E-state index is 0.0166. The van der Waals surface area contributed by atoms with E-state index in [-0.39, 0.29) is 12.5 Å². The maximum Gasteiger partial charge on any atom is 0.241 e. The molecule has 2 rings (SSSR count). The zero-order valence-corrected chi connectivity index (χ0v) is 16.3. The van der Waals surface area contributed by atoms with Crippen molar-refractivity contribution in [1.82, 2.24) is 20.5 Å². The Morgan fingerprint density at radius 3 is 2.62 bits per heavy atom. The third-order valence-corrected chi connectivity index (χ3v) is 4.41. The Morgan fingerprint density at radius 1 is 1.23 bits per heavy atom. The van der Waals surface area contributed by atoms with Crippen molar-refractivity contribution in [3.05, 3.63) is 23.9 Å². The Morgan fingerprint density at radius 2 is 1.96 bits per heavy atom. The van der Waals surface area contributed by atoms with Crippen LogP contribution in [0.5, 0.6) is 0 Å². The number of amides is 1. The number of anilines is 1. The van der Waals surface area contributed by atoms with Gasteiger partial charge in [-0.25, -0.2) is 9.98 Å². The van der Waals surface area contributed by atoms with Crippen LogP contribution in [0.4, 0.5) is 5.82 Å². The van der Waals surface area contributed by atoms with E-state index >= 15 is 0 Å². The van der Waals surface area contributed by atoms with E-state index in [0.29, 0.717) is 12.5 Å². The maximum atomic E-state index is 11.7. The van der Waals surface area contributed by atoms with Crippen LogP contribution >= 0.6 is 0 Å². The second-order valence-electron chi connectivity index (χ2n) is 6.76. The minimum atomic E-state index is 0.0166. The first-order chi connectivity index (χ1) is 12.6. The van der Waals surface area contributed by atoms with E-state index in [2.05, 4.69) is 31.6 Å². The molecule has 0 atom stereocenters. The summed E-state index contributed by atoms with van der Waals surface area (Å²) >= 11 is 0. The zero-order valence-electron chi connectivity index (χ0n) is 16.3. The molecule has 0 spiro atoms. The quantitative estimate of drug-likeness (QED) is 0.596. The fourth-order valence-corrected chi connectivity index (χ4v) is 2.86. The van der Waals surface area contributed by atoms with Gasteiger partial charge in [0.15, 0.2) is 5.96 Å². The lowest BCUT2D eigenvalue weighted by Crippen LogP contribution is -2.42. The van der Waals surface area contributed by atoms with Gasteiger partial charge >= 0.3 is 0 Å². The van der Waals surface area contributed by atoms with Gasteiger partial charge in [0.1, 0.15) is 5.82 Å². The van der Waals surface area contributed by atoms with Gasteiger partial charge in [-0.15, -0.1) is 0 Å². The molecular formula is C19H32N6O. The molecule has 0 aromatic carbocycles. The van der Waals surface area contributed by atoms with Gasteiger partial charge < -0.3 is 20.4 Å². The van der Waals surface area contributed by atoms with Crippen molar-refractivity contribution < 1.29 is 4.79 Å². The van der Waals surface area contributed by atoms with Gasteiger partial charge in [-0.3, -0.25) is 4.79 Å². The van der Waals surface area contributed by atoms with Crippen molar-refractivity contribution >= 4 is 17.7 Å². The lowest BCUT2D eigenvalue weighted by atomic mass is 10.2. The number of likely N-dealkylation sites (N-methyl/N-ethyl adjacent to an activating group) is 1. The van der Waals surface area contributed by atoms with Crippen molar-refractivity contribution in [1.29, 1.82) is 0 Å². The van der Waals surface area contributed by atoms with Crippen LogP contribution in [0.3, 0.4) is 0 Å². The Labute approximate surface area is 156 Å². The highest BCUT2D eigenvalue weighted by Gasteiger charge is 2.11. The third-order valence-electron chi connectivity index (χ3n) is 4.41. The van der Waals surface area contributed by atoms with Crippen molar-refractivity contribution in [2.45, 2.75) is 39.2 Å². The summed E-state index contributed by atoms with van der Waals surface area (Å²) in [6, 6.07) is 4.13. The molecular weight excluding hydrogens is 328 g/mol. The number of carbonyl (C=O) groups is 1.